The van der Waals surface area contributed by atoms with Gasteiger partial charge in [-0.05, 0) is 37.6 Å². The summed E-state index contributed by atoms with van der Waals surface area (Å²) in [7, 11) is 1.57. The monoisotopic (exact) mass is 447 g/mol. The number of rotatable bonds is 5. The minimum Gasteiger partial charge on any atom is -0.494 e. The molecule has 2 amide bonds. The van der Waals surface area contributed by atoms with Gasteiger partial charge in [0, 0.05) is 11.8 Å². The van der Waals surface area contributed by atoms with Crippen LogP contribution in [0.15, 0.2) is 60.8 Å². The van der Waals surface area contributed by atoms with Crippen LogP contribution < -0.4 is 15.6 Å². The molecule has 0 saturated heterocycles. The predicted molar refractivity (Wildman–Crippen MR) is 122 cm³/mol. The fourth-order valence-electron chi connectivity index (χ4n) is 3.10. The third-order valence-electron chi connectivity index (χ3n) is 4.72. The van der Waals surface area contributed by atoms with E-state index in [1.165, 1.54) is 11.3 Å². The van der Waals surface area contributed by atoms with Crippen LogP contribution in [-0.2, 0) is 0 Å². The van der Waals surface area contributed by atoms with E-state index in [1.54, 1.807) is 31.0 Å². The van der Waals surface area contributed by atoms with E-state index in [-0.39, 0.29) is 5.69 Å². The second kappa shape index (κ2) is 9.03. The molecule has 162 valence electrons. The summed E-state index contributed by atoms with van der Waals surface area (Å²) < 4.78 is 6.93. The zero-order valence-corrected chi connectivity index (χ0v) is 18.6. The number of nitrogens with one attached hydrogen (secondary N) is 2. The number of aromatic nitrogens is 3. The van der Waals surface area contributed by atoms with Gasteiger partial charge in [-0.3, -0.25) is 20.4 Å². The molecule has 0 saturated carbocycles. The van der Waals surface area contributed by atoms with Gasteiger partial charge in [-0.1, -0.05) is 36.4 Å². The summed E-state index contributed by atoms with van der Waals surface area (Å²) in [5, 5.41) is 5.05. The Hall–Kier alpha value is -3.98. The van der Waals surface area contributed by atoms with Gasteiger partial charge in [0.15, 0.2) is 5.69 Å². The van der Waals surface area contributed by atoms with Crippen molar-refractivity contribution in [2.45, 2.75) is 13.8 Å². The van der Waals surface area contributed by atoms with Crippen LogP contribution >= 0.6 is 11.3 Å². The van der Waals surface area contributed by atoms with Crippen LogP contribution in [0.1, 0.15) is 31.4 Å². The van der Waals surface area contributed by atoms with Crippen molar-refractivity contribution >= 4 is 23.2 Å². The average Bonchev–Trinajstić information content (AvgIpc) is 3.45. The number of hydrogen-bond donors (Lipinski definition) is 2. The number of hydrogen-bond acceptors (Lipinski definition) is 6. The van der Waals surface area contributed by atoms with Crippen molar-refractivity contribution in [3.8, 4) is 22.0 Å². The maximum Gasteiger partial charge on any atom is 0.290 e. The Balaban J connectivity index is 1.44. The first-order valence-electron chi connectivity index (χ1n) is 9.80. The van der Waals surface area contributed by atoms with Gasteiger partial charge < -0.3 is 4.74 Å². The summed E-state index contributed by atoms with van der Waals surface area (Å²) in [5.74, 6) is -0.335. The van der Waals surface area contributed by atoms with Gasteiger partial charge in [0.2, 0.25) is 0 Å². The molecular weight excluding hydrogens is 426 g/mol. The van der Waals surface area contributed by atoms with Gasteiger partial charge in [-0.15, -0.1) is 11.3 Å². The number of nitrogens with zero attached hydrogens (tertiary/aromatic N) is 3. The van der Waals surface area contributed by atoms with E-state index in [0.29, 0.717) is 22.0 Å². The Morgan fingerprint density at radius 3 is 2.50 bits per heavy atom. The number of thiazole rings is 1. The lowest BCUT2D eigenvalue weighted by atomic mass is 10.2. The molecule has 2 heterocycles. The second-order valence-electron chi connectivity index (χ2n) is 7.03. The van der Waals surface area contributed by atoms with Crippen molar-refractivity contribution in [1.82, 2.24) is 25.6 Å². The standard InChI is InChI=1S/C23H21N5O3S/c1-14-9-10-19(31-3)18(13-14)28-12-11-17(27-28)21(29)25-26-22(30)20-15(2)24-23(32-20)16-7-5-4-6-8-16/h4-13H,1-3H3,(H,25,29)(H,26,30). The average molecular weight is 448 g/mol. The Morgan fingerprint density at radius 1 is 1.00 bits per heavy atom. The molecule has 4 aromatic rings. The van der Waals surface area contributed by atoms with Crippen molar-refractivity contribution in [3.63, 3.8) is 0 Å². The van der Waals surface area contributed by atoms with Crippen LogP contribution in [0.25, 0.3) is 16.3 Å². The molecule has 0 aliphatic heterocycles. The molecule has 0 atom stereocenters. The first-order valence-corrected chi connectivity index (χ1v) is 10.6. The molecule has 2 N–H and O–H groups in total. The molecular formula is C23H21N5O3S. The number of benzene rings is 2. The largest absolute Gasteiger partial charge is 0.494 e. The van der Waals surface area contributed by atoms with Crippen LogP contribution in [0.4, 0.5) is 0 Å². The molecule has 0 unspecified atom stereocenters. The fourth-order valence-corrected chi connectivity index (χ4v) is 4.07. The Bertz CT molecular complexity index is 1280. The van der Waals surface area contributed by atoms with Crippen LogP contribution in [0.2, 0.25) is 0 Å². The number of aryl methyl sites for hydroxylation is 2. The number of carbonyl (C=O) groups excluding carboxylic acids is 2. The summed E-state index contributed by atoms with van der Waals surface area (Å²) in [6, 6.07) is 16.9. The van der Waals surface area contributed by atoms with E-state index in [0.717, 1.165) is 16.1 Å². The highest BCUT2D eigenvalue weighted by Gasteiger charge is 2.18. The molecule has 2 aromatic carbocycles. The molecule has 0 aliphatic rings. The molecule has 32 heavy (non-hydrogen) atoms. The topological polar surface area (TPSA) is 98.1 Å². The minimum atomic E-state index is -0.533. The molecule has 4 rings (SSSR count). The highest BCUT2D eigenvalue weighted by molar-refractivity contribution is 7.17. The van der Waals surface area contributed by atoms with E-state index in [4.69, 9.17) is 4.74 Å². The number of methoxy groups -OCH3 is 1. The van der Waals surface area contributed by atoms with Crippen molar-refractivity contribution in [2.75, 3.05) is 7.11 Å². The SMILES string of the molecule is COc1ccc(C)cc1-n1ccc(C(=O)NNC(=O)c2sc(-c3ccccc3)nc2C)n1. The molecule has 8 nitrogen and oxygen atoms in total. The molecule has 0 fully saturated rings. The van der Waals surface area contributed by atoms with Crippen molar-refractivity contribution in [2.24, 2.45) is 0 Å². The Kier molecular flexibility index (Phi) is 6.00. The van der Waals surface area contributed by atoms with E-state index in [2.05, 4.69) is 20.9 Å². The fraction of sp³-hybridized carbons (Fsp3) is 0.130. The highest BCUT2D eigenvalue weighted by Crippen LogP contribution is 2.27. The van der Waals surface area contributed by atoms with Crippen LogP contribution in [0.5, 0.6) is 5.75 Å². The minimum absolute atomic E-state index is 0.153. The highest BCUT2D eigenvalue weighted by atomic mass is 32.1. The molecule has 2 aromatic heterocycles. The van der Waals surface area contributed by atoms with Crippen molar-refractivity contribution < 1.29 is 14.3 Å². The van der Waals surface area contributed by atoms with E-state index >= 15 is 0 Å². The summed E-state index contributed by atoms with van der Waals surface area (Å²) in [6.07, 6.45) is 1.66. The number of hydrazine groups is 1. The Morgan fingerprint density at radius 2 is 1.75 bits per heavy atom. The zero-order chi connectivity index (χ0) is 22.7. The first-order chi connectivity index (χ1) is 15.5. The maximum atomic E-state index is 12.6. The van der Waals surface area contributed by atoms with Crippen LogP contribution in [0, 0.1) is 13.8 Å². The van der Waals surface area contributed by atoms with Crippen LogP contribution in [0.3, 0.4) is 0 Å². The molecule has 0 radical (unpaired) electrons. The van der Waals surface area contributed by atoms with Gasteiger partial charge in [-0.2, -0.15) is 5.10 Å². The summed E-state index contributed by atoms with van der Waals surface area (Å²) in [4.78, 5) is 30.0. The van der Waals surface area contributed by atoms with Gasteiger partial charge in [-0.25, -0.2) is 9.67 Å². The summed E-state index contributed by atoms with van der Waals surface area (Å²) in [6.45, 7) is 3.72. The second-order valence-corrected chi connectivity index (χ2v) is 8.03. The van der Waals surface area contributed by atoms with Gasteiger partial charge in [0.05, 0.1) is 12.8 Å². The smallest absolute Gasteiger partial charge is 0.290 e. The Labute approximate surface area is 188 Å². The number of ether oxygens (including phenoxy) is 1. The molecule has 0 bridgehead atoms. The van der Waals surface area contributed by atoms with Gasteiger partial charge >= 0.3 is 0 Å². The third-order valence-corrected chi connectivity index (χ3v) is 5.92. The van der Waals surface area contributed by atoms with Crippen molar-refractivity contribution in [3.05, 3.63) is 82.6 Å². The third kappa shape index (κ3) is 4.37. The van der Waals surface area contributed by atoms with Crippen molar-refractivity contribution in [1.29, 1.82) is 0 Å². The quantitative estimate of drug-likeness (QED) is 0.455. The van der Waals surface area contributed by atoms with E-state index < -0.39 is 11.8 Å². The summed E-state index contributed by atoms with van der Waals surface area (Å²) >= 11 is 1.27. The lowest BCUT2D eigenvalue weighted by Gasteiger charge is -2.09. The number of amides is 2. The van der Waals surface area contributed by atoms with E-state index in [9.17, 15) is 9.59 Å². The van der Waals surface area contributed by atoms with Gasteiger partial charge in [0.1, 0.15) is 21.3 Å². The van der Waals surface area contributed by atoms with E-state index in [1.807, 2.05) is 55.5 Å². The normalized spacial score (nSPS) is 10.6. The lowest BCUT2D eigenvalue weighted by Crippen LogP contribution is -2.41. The lowest BCUT2D eigenvalue weighted by molar-refractivity contribution is 0.0845. The maximum absolute atomic E-state index is 12.6. The molecule has 0 aliphatic carbocycles. The zero-order valence-electron chi connectivity index (χ0n) is 17.7. The predicted octanol–water partition coefficient (Wildman–Crippen LogP) is 3.70. The number of carbonyl (C=O) groups is 2. The van der Waals surface area contributed by atoms with Crippen LogP contribution in [-0.4, -0.2) is 33.7 Å². The summed E-state index contributed by atoms with van der Waals surface area (Å²) in [5.41, 5.74) is 8.28. The molecule has 9 heteroatoms. The first kappa shape index (κ1) is 21.3. The molecule has 0 spiro atoms. The van der Waals surface area contributed by atoms with Gasteiger partial charge in [0.25, 0.3) is 11.8 Å².